The van der Waals surface area contributed by atoms with E-state index in [4.69, 9.17) is 11.6 Å². The van der Waals surface area contributed by atoms with Crippen LogP contribution in [0.3, 0.4) is 0 Å². The standard InChI is InChI=1S/C8H16ClN/c1-7(2)4-10-6-8(10,3)5-9/h7H,4-6H2,1-3H3. The Kier molecular flexibility index (Phi) is 2.26. The maximum absolute atomic E-state index is 5.78. The molecule has 2 atom stereocenters. The summed E-state index contributed by atoms with van der Waals surface area (Å²) in [5.74, 6) is 1.55. The summed E-state index contributed by atoms with van der Waals surface area (Å²) in [7, 11) is 0. The van der Waals surface area contributed by atoms with Crippen LogP contribution >= 0.6 is 11.6 Å². The third-order valence-corrected chi connectivity index (χ3v) is 2.64. The van der Waals surface area contributed by atoms with E-state index in [1.807, 2.05) is 0 Å². The van der Waals surface area contributed by atoms with Crippen molar-refractivity contribution in [2.45, 2.75) is 26.3 Å². The first kappa shape index (κ1) is 8.35. The largest absolute Gasteiger partial charge is 0.293 e. The average molecular weight is 162 g/mol. The lowest BCUT2D eigenvalue weighted by Crippen LogP contribution is -2.19. The number of alkyl halides is 1. The molecule has 1 nitrogen and oxygen atoms in total. The smallest absolute Gasteiger partial charge is 0.0444 e. The Balaban J connectivity index is 2.24. The van der Waals surface area contributed by atoms with Crippen LogP contribution in [0.1, 0.15) is 20.8 Å². The van der Waals surface area contributed by atoms with Crippen molar-refractivity contribution in [3.05, 3.63) is 0 Å². The van der Waals surface area contributed by atoms with Crippen molar-refractivity contribution in [2.75, 3.05) is 19.0 Å². The molecule has 0 spiro atoms. The van der Waals surface area contributed by atoms with Gasteiger partial charge >= 0.3 is 0 Å². The van der Waals surface area contributed by atoms with E-state index in [1.54, 1.807) is 0 Å². The molecule has 0 amide bonds. The molecular weight excluding hydrogens is 146 g/mol. The van der Waals surface area contributed by atoms with Gasteiger partial charge in [0.1, 0.15) is 0 Å². The van der Waals surface area contributed by atoms with E-state index in [1.165, 1.54) is 13.1 Å². The summed E-state index contributed by atoms with van der Waals surface area (Å²) in [4.78, 5) is 2.44. The monoisotopic (exact) mass is 161 g/mol. The quantitative estimate of drug-likeness (QED) is 0.452. The molecule has 0 aromatic heterocycles. The van der Waals surface area contributed by atoms with Gasteiger partial charge in [-0.2, -0.15) is 0 Å². The van der Waals surface area contributed by atoms with E-state index in [-0.39, 0.29) is 0 Å². The second-order valence-electron chi connectivity index (χ2n) is 3.90. The second kappa shape index (κ2) is 2.71. The fourth-order valence-electron chi connectivity index (χ4n) is 1.23. The summed E-state index contributed by atoms with van der Waals surface area (Å²) in [6.45, 7) is 9.10. The van der Waals surface area contributed by atoms with Crippen LogP contribution in [0.4, 0.5) is 0 Å². The fraction of sp³-hybridized carbons (Fsp3) is 1.00. The molecule has 0 N–H and O–H groups in total. The van der Waals surface area contributed by atoms with Gasteiger partial charge in [0.2, 0.25) is 0 Å². The molecule has 2 heteroatoms. The van der Waals surface area contributed by atoms with Crippen molar-refractivity contribution >= 4 is 11.6 Å². The van der Waals surface area contributed by atoms with Crippen molar-refractivity contribution < 1.29 is 0 Å². The van der Waals surface area contributed by atoms with Crippen LogP contribution in [0.2, 0.25) is 0 Å². The first-order chi connectivity index (χ1) is 4.58. The van der Waals surface area contributed by atoms with Crippen molar-refractivity contribution in [3.63, 3.8) is 0 Å². The molecule has 1 heterocycles. The Morgan fingerprint density at radius 1 is 1.60 bits per heavy atom. The van der Waals surface area contributed by atoms with E-state index in [2.05, 4.69) is 25.7 Å². The van der Waals surface area contributed by atoms with Gasteiger partial charge in [-0.1, -0.05) is 13.8 Å². The van der Waals surface area contributed by atoms with Gasteiger partial charge in [-0.15, -0.1) is 11.6 Å². The normalized spacial score (nSPS) is 38.7. The number of hydrogen-bond acceptors (Lipinski definition) is 1. The highest BCUT2D eigenvalue weighted by Crippen LogP contribution is 2.33. The summed E-state index contributed by atoms with van der Waals surface area (Å²) in [6, 6.07) is 0. The molecule has 0 aliphatic carbocycles. The van der Waals surface area contributed by atoms with E-state index in [9.17, 15) is 0 Å². The molecule has 1 aliphatic heterocycles. The van der Waals surface area contributed by atoms with E-state index in [0.29, 0.717) is 5.54 Å². The lowest BCUT2D eigenvalue weighted by atomic mass is 10.2. The first-order valence-corrected chi connectivity index (χ1v) is 4.43. The lowest BCUT2D eigenvalue weighted by Gasteiger charge is -2.10. The Morgan fingerprint density at radius 2 is 2.20 bits per heavy atom. The van der Waals surface area contributed by atoms with Gasteiger partial charge in [0.15, 0.2) is 0 Å². The predicted octanol–water partition coefficient (Wildman–Crippen LogP) is 1.96. The van der Waals surface area contributed by atoms with Crippen molar-refractivity contribution in [1.29, 1.82) is 0 Å². The second-order valence-corrected chi connectivity index (χ2v) is 4.17. The number of halogens is 1. The third-order valence-electron chi connectivity index (χ3n) is 2.06. The highest BCUT2D eigenvalue weighted by molar-refractivity contribution is 6.18. The van der Waals surface area contributed by atoms with E-state index in [0.717, 1.165) is 11.8 Å². The zero-order valence-corrected chi connectivity index (χ0v) is 7.78. The zero-order valence-electron chi connectivity index (χ0n) is 7.02. The van der Waals surface area contributed by atoms with Crippen molar-refractivity contribution in [1.82, 2.24) is 4.90 Å². The minimum atomic E-state index is 0.339. The number of hydrogen-bond donors (Lipinski definition) is 0. The molecule has 1 rings (SSSR count). The minimum Gasteiger partial charge on any atom is -0.293 e. The Hall–Kier alpha value is 0.250. The zero-order chi connectivity index (χ0) is 7.78. The van der Waals surface area contributed by atoms with Gasteiger partial charge in [-0.3, -0.25) is 4.90 Å². The molecule has 0 radical (unpaired) electrons. The highest BCUT2D eigenvalue weighted by Gasteiger charge is 2.46. The van der Waals surface area contributed by atoms with Crippen LogP contribution in [0.15, 0.2) is 0 Å². The summed E-state index contributed by atoms with van der Waals surface area (Å²) in [6.07, 6.45) is 0. The van der Waals surface area contributed by atoms with Crippen LogP contribution in [0.5, 0.6) is 0 Å². The van der Waals surface area contributed by atoms with Gasteiger partial charge in [-0.05, 0) is 12.8 Å². The van der Waals surface area contributed by atoms with Gasteiger partial charge in [-0.25, -0.2) is 0 Å². The topological polar surface area (TPSA) is 3.01 Å². The average Bonchev–Trinajstić information content (AvgIpc) is 2.43. The van der Waals surface area contributed by atoms with Crippen LogP contribution < -0.4 is 0 Å². The predicted molar refractivity (Wildman–Crippen MR) is 45.5 cm³/mol. The maximum Gasteiger partial charge on any atom is 0.0444 e. The molecule has 2 unspecified atom stereocenters. The molecule has 60 valence electrons. The minimum absolute atomic E-state index is 0.339. The third kappa shape index (κ3) is 1.64. The van der Waals surface area contributed by atoms with Gasteiger partial charge in [0.25, 0.3) is 0 Å². The van der Waals surface area contributed by atoms with Gasteiger partial charge in [0, 0.05) is 24.5 Å². The Labute approximate surface area is 68.4 Å². The molecule has 0 aromatic rings. The number of nitrogens with zero attached hydrogens (tertiary/aromatic N) is 1. The van der Waals surface area contributed by atoms with Crippen LogP contribution in [0.25, 0.3) is 0 Å². The van der Waals surface area contributed by atoms with Gasteiger partial charge in [0.05, 0.1) is 0 Å². The summed E-state index contributed by atoms with van der Waals surface area (Å²) < 4.78 is 0. The maximum atomic E-state index is 5.78. The summed E-state index contributed by atoms with van der Waals surface area (Å²) in [5.41, 5.74) is 0.339. The van der Waals surface area contributed by atoms with Crippen molar-refractivity contribution in [3.8, 4) is 0 Å². The molecule has 0 saturated carbocycles. The molecule has 1 aliphatic rings. The summed E-state index contributed by atoms with van der Waals surface area (Å²) in [5, 5.41) is 0. The summed E-state index contributed by atoms with van der Waals surface area (Å²) >= 11 is 5.78. The van der Waals surface area contributed by atoms with Crippen LogP contribution in [-0.4, -0.2) is 29.4 Å². The fourth-order valence-corrected chi connectivity index (χ4v) is 1.48. The molecule has 0 aromatic carbocycles. The number of rotatable bonds is 3. The first-order valence-electron chi connectivity index (χ1n) is 3.89. The van der Waals surface area contributed by atoms with E-state index < -0.39 is 0 Å². The molecule has 10 heavy (non-hydrogen) atoms. The van der Waals surface area contributed by atoms with Crippen molar-refractivity contribution in [2.24, 2.45) is 5.92 Å². The van der Waals surface area contributed by atoms with Crippen LogP contribution in [0, 0.1) is 5.92 Å². The molecular formula is C8H16ClN. The molecule has 0 bridgehead atoms. The van der Waals surface area contributed by atoms with Crippen LogP contribution in [-0.2, 0) is 0 Å². The Morgan fingerprint density at radius 3 is 2.50 bits per heavy atom. The SMILES string of the molecule is CC(C)CN1CC1(C)CCl. The molecule has 1 saturated heterocycles. The van der Waals surface area contributed by atoms with E-state index >= 15 is 0 Å². The van der Waals surface area contributed by atoms with Gasteiger partial charge < -0.3 is 0 Å². The lowest BCUT2D eigenvalue weighted by molar-refractivity contribution is 0.391. The highest BCUT2D eigenvalue weighted by atomic mass is 35.5. The Bertz CT molecular complexity index is 124. The molecule has 1 fully saturated rings.